The van der Waals surface area contributed by atoms with Crippen molar-refractivity contribution in [3.05, 3.63) is 88.3 Å². The van der Waals surface area contributed by atoms with E-state index in [1.807, 2.05) is 32.0 Å². The number of hydrogen-bond donors (Lipinski definition) is 1. The van der Waals surface area contributed by atoms with E-state index in [9.17, 15) is 9.18 Å². The van der Waals surface area contributed by atoms with Crippen molar-refractivity contribution in [2.75, 3.05) is 5.32 Å². The first-order chi connectivity index (χ1) is 15.4. The number of halogens is 1. The van der Waals surface area contributed by atoms with Crippen LogP contribution in [-0.2, 0) is 13.2 Å². The molecule has 0 aliphatic rings. The van der Waals surface area contributed by atoms with E-state index in [-0.39, 0.29) is 24.1 Å². The molecule has 0 saturated carbocycles. The highest BCUT2D eigenvalue weighted by Gasteiger charge is 2.21. The van der Waals surface area contributed by atoms with Crippen molar-refractivity contribution in [1.82, 2.24) is 19.9 Å². The van der Waals surface area contributed by atoms with E-state index in [0.717, 1.165) is 11.1 Å². The number of carbonyl (C=O) groups excluding carboxylic acids is 1. The van der Waals surface area contributed by atoms with Crippen molar-refractivity contribution < 1.29 is 18.4 Å². The van der Waals surface area contributed by atoms with Gasteiger partial charge >= 0.3 is 0 Å². The molecule has 0 bridgehead atoms. The van der Waals surface area contributed by atoms with Crippen LogP contribution in [-0.4, -0.2) is 25.8 Å². The lowest BCUT2D eigenvalue weighted by Gasteiger charge is -2.08. The monoisotopic (exact) mass is 435 g/mol. The van der Waals surface area contributed by atoms with Gasteiger partial charge in [0, 0.05) is 0 Å². The minimum Gasteiger partial charge on any atom is -0.489 e. The molecule has 1 N–H and O–H groups in total. The minimum absolute atomic E-state index is 0.112. The predicted octanol–water partition coefficient (Wildman–Crippen LogP) is 4.21. The second kappa shape index (κ2) is 9.01. The van der Waals surface area contributed by atoms with E-state index in [4.69, 9.17) is 9.26 Å². The van der Waals surface area contributed by atoms with Crippen LogP contribution in [0.3, 0.4) is 0 Å². The van der Waals surface area contributed by atoms with Gasteiger partial charge < -0.3 is 9.26 Å². The number of hydrogen-bond acceptors (Lipinski definition) is 6. The smallest absolute Gasteiger partial charge is 0.280 e. The molecule has 0 aliphatic heterocycles. The average molecular weight is 435 g/mol. The number of nitrogens with one attached hydrogen (secondary N) is 1. The number of ether oxygens (including phenoxy) is 1. The Morgan fingerprint density at radius 2 is 1.91 bits per heavy atom. The maximum absolute atomic E-state index is 13.0. The van der Waals surface area contributed by atoms with Crippen LogP contribution < -0.4 is 10.1 Å². The second-order valence-corrected chi connectivity index (χ2v) is 7.45. The normalized spacial score (nSPS) is 10.9. The highest BCUT2D eigenvalue weighted by atomic mass is 19.1. The molecule has 4 aromatic rings. The van der Waals surface area contributed by atoms with Crippen LogP contribution in [0.15, 0.2) is 53.3 Å². The van der Waals surface area contributed by atoms with Gasteiger partial charge in [-0.25, -0.2) is 14.1 Å². The fraction of sp³-hybridized carbons (Fsp3) is 0.217. The number of amides is 1. The number of anilines is 1. The highest BCUT2D eigenvalue weighted by molar-refractivity contribution is 6.02. The molecule has 0 unspecified atom stereocenters. The number of rotatable bonds is 7. The molecule has 8 nitrogen and oxygen atoms in total. The molecule has 164 valence electrons. The first-order valence-electron chi connectivity index (χ1n) is 9.99. The van der Waals surface area contributed by atoms with E-state index in [2.05, 4.69) is 20.6 Å². The molecule has 1 amide bonds. The Hall–Kier alpha value is -4.01. The van der Waals surface area contributed by atoms with Crippen molar-refractivity contribution in [1.29, 1.82) is 0 Å². The molecular weight excluding hydrogens is 413 g/mol. The topological polar surface area (TPSA) is 95.1 Å². The van der Waals surface area contributed by atoms with Gasteiger partial charge in [-0.05, 0) is 61.7 Å². The Labute approximate surface area is 184 Å². The lowest BCUT2D eigenvalue weighted by atomic mass is 10.1. The minimum atomic E-state index is -0.500. The number of benzene rings is 2. The Morgan fingerprint density at radius 3 is 2.66 bits per heavy atom. The van der Waals surface area contributed by atoms with Gasteiger partial charge in [-0.3, -0.25) is 10.1 Å². The van der Waals surface area contributed by atoms with Gasteiger partial charge in [-0.2, -0.15) is 0 Å². The second-order valence-electron chi connectivity index (χ2n) is 7.45. The van der Waals surface area contributed by atoms with Crippen LogP contribution in [0, 0.1) is 26.6 Å². The highest BCUT2D eigenvalue weighted by Crippen LogP contribution is 2.21. The zero-order valence-electron chi connectivity index (χ0n) is 17.9. The summed E-state index contributed by atoms with van der Waals surface area (Å²) in [4.78, 5) is 16.8. The van der Waals surface area contributed by atoms with Gasteiger partial charge in [0.1, 0.15) is 30.3 Å². The van der Waals surface area contributed by atoms with E-state index < -0.39 is 5.91 Å². The summed E-state index contributed by atoms with van der Waals surface area (Å²) in [6, 6.07) is 11.9. The molecular formula is C23H22FN5O3. The zero-order valence-corrected chi connectivity index (χ0v) is 17.9. The lowest BCUT2D eigenvalue weighted by molar-refractivity contribution is 0.101. The third-order valence-electron chi connectivity index (χ3n) is 5.08. The molecule has 2 aromatic heterocycles. The van der Waals surface area contributed by atoms with E-state index in [1.54, 1.807) is 23.7 Å². The molecule has 0 atom stereocenters. The summed E-state index contributed by atoms with van der Waals surface area (Å²) in [5.41, 5.74) is 3.80. The van der Waals surface area contributed by atoms with Crippen LogP contribution >= 0.6 is 0 Å². The van der Waals surface area contributed by atoms with Gasteiger partial charge in [0.05, 0.1) is 12.1 Å². The quantitative estimate of drug-likeness (QED) is 0.467. The maximum atomic E-state index is 13.0. The third kappa shape index (κ3) is 4.83. The summed E-state index contributed by atoms with van der Waals surface area (Å²) in [7, 11) is 0. The average Bonchev–Trinajstić information content (AvgIpc) is 3.36. The van der Waals surface area contributed by atoms with Crippen molar-refractivity contribution in [3.8, 4) is 5.75 Å². The van der Waals surface area contributed by atoms with Crippen LogP contribution in [0.5, 0.6) is 5.75 Å². The Kier molecular flexibility index (Phi) is 5.98. The van der Waals surface area contributed by atoms with E-state index in [1.165, 1.54) is 24.0 Å². The fourth-order valence-electron chi connectivity index (χ4n) is 3.06. The Bertz CT molecular complexity index is 1250. The van der Waals surface area contributed by atoms with Crippen molar-refractivity contribution in [2.45, 2.75) is 33.9 Å². The summed E-state index contributed by atoms with van der Waals surface area (Å²) in [5, 5.41) is 10.7. The van der Waals surface area contributed by atoms with Gasteiger partial charge in [-0.1, -0.05) is 23.4 Å². The SMILES string of the molecule is Cc1ccc(OCc2c(C(=O)Nc3ncn(Cc4ccc(F)cc4)n3)noc2C)cc1C. The molecule has 0 spiro atoms. The first-order valence-corrected chi connectivity index (χ1v) is 9.99. The largest absolute Gasteiger partial charge is 0.489 e. The summed E-state index contributed by atoms with van der Waals surface area (Å²) in [5.74, 6) is 0.509. The van der Waals surface area contributed by atoms with E-state index >= 15 is 0 Å². The van der Waals surface area contributed by atoms with Gasteiger partial charge in [0.15, 0.2) is 5.69 Å². The molecule has 4 rings (SSSR count). The van der Waals surface area contributed by atoms with Gasteiger partial charge in [0.2, 0.25) is 5.95 Å². The molecule has 0 aliphatic carbocycles. The Balaban J connectivity index is 1.42. The number of aromatic nitrogens is 4. The molecule has 0 fully saturated rings. The third-order valence-corrected chi connectivity index (χ3v) is 5.08. The van der Waals surface area contributed by atoms with Crippen LogP contribution in [0.25, 0.3) is 0 Å². The van der Waals surface area contributed by atoms with Crippen LogP contribution in [0.4, 0.5) is 10.3 Å². The summed E-state index contributed by atoms with van der Waals surface area (Å²) in [6.45, 7) is 6.28. The number of nitrogens with zero attached hydrogens (tertiary/aromatic N) is 4. The maximum Gasteiger partial charge on any atom is 0.280 e. The Morgan fingerprint density at radius 1 is 1.12 bits per heavy atom. The molecule has 32 heavy (non-hydrogen) atoms. The molecule has 0 radical (unpaired) electrons. The van der Waals surface area contributed by atoms with Crippen molar-refractivity contribution >= 4 is 11.9 Å². The van der Waals surface area contributed by atoms with Crippen LogP contribution in [0.1, 0.15) is 38.5 Å². The number of carbonyl (C=O) groups is 1. The standard InChI is InChI=1S/C23H22FN5O3/c1-14-4-9-19(10-15(14)2)31-12-20-16(3)32-28-21(20)22(30)26-23-25-13-29(27-23)11-17-5-7-18(24)8-6-17/h4-10,13H,11-12H2,1-3H3,(H,26,27,30). The zero-order chi connectivity index (χ0) is 22.7. The van der Waals surface area contributed by atoms with Gasteiger partial charge in [0.25, 0.3) is 5.91 Å². The fourth-order valence-corrected chi connectivity index (χ4v) is 3.06. The summed E-state index contributed by atoms with van der Waals surface area (Å²) < 4.78 is 25.6. The molecule has 9 heteroatoms. The summed E-state index contributed by atoms with van der Waals surface area (Å²) >= 11 is 0. The van der Waals surface area contributed by atoms with Crippen molar-refractivity contribution in [2.24, 2.45) is 0 Å². The van der Waals surface area contributed by atoms with Gasteiger partial charge in [-0.15, -0.1) is 5.10 Å². The predicted molar refractivity (Wildman–Crippen MR) is 115 cm³/mol. The first kappa shape index (κ1) is 21.2. The van der Waals surface area contributed by atoms with E-state index in [0.29, 0.717) is 23.6 Å². The summed E-state index contributed by atoms with van der Waals surface area (Å²) in [6.07, 6.45) is 1.48. The molecule has 0 saturated heterocycles. The molecule has 2 heterocycles. The van der Waals surface area contributed by atoms with Crippen molar-refractivity contribution in [3.63, 3.8) is 0 Å². The molecule has 2 aromatic carbocycles. The van der Waals surface area contributed by atoms with Crippen LogP contribution in [0.2, 0.25) is 0 Å². The number of aryl methyl sites for hydroxylation is 3. The lowest BCUT2D eigenvalue weighted by Crippen LogP contribution is -2.16.